The van der Waals surface area contributed by atoms with Gasteiger partial charge in [-0.3, -0.25) is 4.55 Å². The zero-order valence-corrected chi connectivity index (χ0v) is 13.7. The maximum absolute atomic E-state index is 13.1. The first kappa shape index (κ1) is 25.6. The smallest absolute Gasteiger partial charge is 0.344 e. The van der Waals surface area contributed by atoms with Crippen molar-refractivity contribution >= 4 is 10.1 Å². The van der Waals surface area contributed by atoms with Crippen LogP contribution in [0.5, 0.6) is 0 Å². The highest BCUT2D eigenvalue weighted by molar-refractivity contribution is 7.87. The highest BCUT2D eigenvalue weighted by Crippen LogP contribution is 2.41. The van der Waals surface area contributed by atoms with Crippen LogP contribution in [0.15, 0.2) is 0 Å². The lowest BCUT2D eigenvalue weighted by Gasteiger charge is -2.23. The molecule has 0 fully saturated rings. The van der Waals surface area contributed by atoms with E-state index < -0.39 is 40.3 Å². The SMILES string of the molecule is N.O=S(=O)(O)C(F)(F)C(F)(F)CCCCCCCCCC(F)(F)F. The summed E-state index contributed by atoms with van der Waals surface area (Å²) >= 11 is 0. The Morgan fingerprint density at radius 2 is 1.00 bits per heavy atom. The van der Waals surface area contributed by atoms with Gasteiger partial charge in [0.2, 0.25) is 0 Å². The molecule has 24 heavy (non-hydrogen) atoms. The number of hydrogen-bond donors (Lipinski definition) is 2. The van der Waals surface area contributed by atoms with Crippen LogP contribution in [0.4, 0.5) is 30.7 Å². The summed E-state index contributed by atoms with van der Waals surface area (Å²) in [4.78, 5) is 0. The molecule has 0 aromatic heterocycles. The predicted octanol–water partition coefficient (Wildman–Crippen LogP) is 5.34. The lowest BCUT2D eigenvalue weighted by atomic mass is 10.1. The second-order valence-corrected chi connectivity index (χ2v) is 6.75. The van der Waals surface area contributed by atoms with E-state index >= 15 is 0 Å². The number of alkyl halides is 7. The van der Waals surface area contributed by atoms with Crippen molar-refractivity contribution in [2.45, 2.75) is 75.1 Å². The van der Waals surface area contributed by atoms with Gasteiger partial charge in [0, 0.05) is 12.8 Å². The Hall–Kier alpha value is -0.620. The van der Waals surface area contributed by atoms with E-state index in [0.29, 0.717) is 25.7 Å². The highest BCUT2D eigenvalue weighted by atomic mass is 32.2. The fourth-order valence-corrected chi connectivity index (χ4v) is 2.37. The van der Waals surface area contributed by atoms with Crippen LogP contribution in [-0.2, 0) is 10.1 Å². The third kappa shape index (κ3) is 9.02. The summed E-state index contributed by atoms with van der Waals surface area (Å²) in [6, 6.07) is 0. The lowest BCUT2D eigenvalue weighted by molar-refractivity contribution is -0.164. The molecule has 148 valence electrons. The van der Waals surface area contributed by atoms with Crippen LogP contribution in [-0.4, -0.2) is 30.3 Å². The first-order valence-electron chi connectivity index (χ1n) is 7.00. The minimum atomic E-state index is -6.21. The van der Waals surface area contributed by atoms with Crippen molar-refractivity contribution < 1.29 is 43.7 Å². The van der Waals surface area contributed by atoms with E-state index in [1.807, 2.05) is 0 Å². The number of rotatable bonds is 11. The van der Waals surface area contributed by atoms with Crippen molar-refractivity contribution in [3.05, 3.63) is 0 Å². The Balaban J connectivity index is 0. The molecule has 0 saturated carbocycles. The molecule has 0 spiro atoms. The van der Waals surface area contributed by atoms with E-state index in [4.69, 9.17) is 4.55 Å². The molecule has 0 rings (SSSR count). The lowest BCUT2D eigenvalue weighted by Crippen LogP contribution is -2.46. The van der Waals surface area contributed by atoms with Crippen molar-refractivity contribution in [3.63, 3.8) is 0 Å². The molecule has 0 atom stereocenters. The number of halogens is 7. The molecule has 0 aromatic carbocycles. The van der Waals surface area contributed by atoms with E-state index in [1.54, 1.807) is 0 Å². The standard InChI is InChI=1S/C12H19F7O3S.H3N/c13-10(14,12(18,19)23(20,21)22)8-6-4-2-1-3-5-7-9-11(15,16)17;/h1-9H2,(H,20,21,22);1H3. The molecule has 0 heterocycles. The summed E-state index contributed by atoms with van der Waals surface area (Å²) in [6.45, 7) is 0. The van der Waals surface area contributed by atoms with Crippen LogP contribution in [0.3, 0.4) is 0 Å². The van der Waals surface area contributed by atoms with Gasteiger partial charge in [-0.25, -0.2) is 0 Å². The zero-order valence-electron chi connectivity index (χ0n) is 12.9. The average molecular weight is 393 g/mol. The number of unbranched alkanes of at least 4 members (excludes halogenated alkanes) is 6. The molecule has 0 aromatic rings. The molecular weight excluding hydrogens is 371 g/mol. The summed E-state index contributed by atoms with van der Waals surface area (Å²) in [5, 5.41) is -5.54. The summed E-state index contributed by atoms with van der Waals surface area (Å²) in [7, 11) is -6.21. The normalized spacial score (nSPS) is 13.7. The van der Waals surface area contributed by atoms with Crippen LogP contribution < -0.4 is 6.15 Å². The van der Waals surface area contributed by atoms with Gasteiger partial charge in [0.25, 0.3) is 0 Å². The van der Waals surface area contributed by atoms with Gasteiger partial charge >= 0.3 is 27.5 Å². The molecule has 0 aliphatic carbocycles. The van der Waals surface area contributed by atoms with Gasteiger partial charge in [-0.15, -0.1) is 0 Å². The first-order valence-corrected chi connectivity index (χ1v) is 8.44. The third-order valence-electron chi connectivity index (χ3n) is 3.20. The zero-order chi connectivity index (χ0) is 18.4. The summed E-state index contributed by atoms with van der Waals surface area (Å²) in [6.07, 6.45) is -5.18. The van der Waals surface area contributed by atoms with Gasteiger partial charge in [-0.2, -0.15) is 39.2 Å². The van der Waals surface area contributed by atoms with Crippen molar-refractivity contribution in [1.82, 2.24) is 6.15 Å². The summed E-state index contributed by atoms with van der Waals surface area (Å²) in [5.74, 6) is -4.88. The topological polar surface area (TPSA) is 89.4 Å². The largest absolute Gasteiger partial charge is 0.431 e. The Morgan fingerprint density at radius 3 is 1.33 bits per heavy atom. The average Bonchev–Trinajstić information content (AvgIpc) is 2.33. The Kier molecular flexibility index (Phi) is 10.4. The van der Waals surface area contributed by atoms with Gasteiger partial charge in [-0.05, 0) is 12.8 Å². The van der Waals surface area contributed by atoms with Crippen molar-refractivity contribution in [2.24, 2.45) is 0 Å². The Labute approximate surface area is 136 Å². The molecule has 0 unspecified atom stereocenters. The van der Waals surface area contributed by atoms with Gasteiger partial charge in [0.1, 0.15) is 0 Å². The molecule has 4 N–H and O–H groups in total. The predicted molar refractivity (Wildman–Crippen MR) is 74.1 cm³/mol. The number of hydrogen-bond acceptors (Lipinski definition) is 3. The monoisotopic (exact) mass is 393 g/mol. The van der Waals surface area contributed by atoms with Crippen LogP contribution in [0.25, 0.3) is 0 Å². The second kappa shape index (κ2) is 9.76. The van der Waals surface area contributed by atoms with E-state index in [1.165, 1.54) is 0 Å². The fourth-order valence-electron chi connectivity index (χ4n) is 1.89. The Morgan fingerprint density at radius 1 is 0.667 bits per heavy atom. The van der Waals surface area contributed by atoms with Crippen molar-refractivity contribution in [1.29, 1.82) is 0 Å². The maximum atomic E-state index is 13.1. The molecule has 0 aliphatic heterocycles. The van der Waals surface area contributed by atoms with E-state index in [-0.39, 0.29) is 25.4 Å². The minimum absolute atomic E-state index is 0. The third-order valence-corrected chi connectivity index (χ3v) is 4.15. The fraction of sp³-hybridized carbons (Fsp3) is 1.00. The molecular formula is C12H22F7NO3S. The second-order valence-electron chi connectivity index (χ2n) is 5.29. The minimum Gasteiger partial charge on any atom is -0.344 e. The van der Waals surface area contributed by atoms with E-state index in [0.717, 1.165) is 0 Å². The van der Waals surface area contributed by atoms with Crippen LogP contribution >= 0.6 is 0 Å². The molecule has 0 saturated heterocycles. The van der Waals surface area contributed by atoms with Crippen molar-refractivity contribution in [3.8, 4) is 0 Å². The molecule has 0 radical (unpaired) electrons. The molecule has 12 heteroatoms. The highest BCUT2D eigenvalue weighted by Gasteiger charge is 2.64. The maximum Gasteiger partial charge on any atom is 0.431 e. The van der Waals surface area contributed by atoms with Gasteiger partial charge in [0.15, 0.2) is 0 Å². The van der Waals surface area contributed by atoms with Crippen LogP contribution in [0.2, 0.25) is 0 Å². The molecule has 0 aliphatic rings. The van der Waals surface area contributed by atoms with E-state index in [9.17, 15) is 39.2 Å². The molecule has 4 nitrogen and oxygen atoms in total. The first-order chi connectivity index (χ1) is 10.2. The van der Waals surface area contributed by atoms with Gasteiger partial charge < -0.3 is 6.15 Å². The van der Waals surface area contributed by atoms with Gasteiger partial charge in [0.05, 0.1) is 0 Å². The molecule has 0 bridgehead atoms. The van der Waals surface area contributed by atoms with Crippen LogP contribution in [0.1, 0.15) is 57.8 Å². The summed E-state index contributed by atoms with van der Waals surface area (Å²) in [5.41, 5.74) is 0. The van der Waals surface area contributed by atoms with Crippen LogP contribution in [0, 0.1) is 0 Å². The quantitative estimate of drug-likeness (QED) is 0.282. The van der Waals surface area contributed by atoms with Gasteiger partial charge in [-0.1, -0.05) is 32.1 Å². The summed E-state index contributed by atoms with van der Waals surface area (Å²) < 4.78 is 116. The molecule has 0 amide bonds. The van der Waals surface area contributed by atoms with Crippen molar-refractivity contribution in [2.75, 3.05) is 0 Å². The Bertz CT molecular complexity index is 452. The van der Waals surface area contributed by atoms with E-state index in [2.05, 4.69) is 0 Å².